The first-order chi connectivity index (χ1) is 36.1. The Hall–Kier alpha value is -1.01. The molecule has 0 bridgehead atoms. The number of ether oxygens (including phenoxy) is 4. The van der Waals surface area contributed by atoms with Crippen LogP contribution in [0, 0.1) is 0 Å². The second kappa shape index (κ2) is 46.9. The van der Waals surface area contributed by atoms with Gasteiger partial charge in [-0.2, -0.15) is 0 Å². The third-order valence-electron chi connectivity index (χ3n) is 15.8. The molecule has 0 aromatic heterocycles. The van der Waals surface area contributed by atoms with Gasteiger partial charge in [-0.05, 0) is 12.8 Å². The van der Waals surface area contributed by atoms with Crippen LogP contribution < -0.4 is 5.32 Å². The van der Waals surface area contributed by atoms with Gasteiger partial charge >= 0.3 is 0 Å². The summed E-state index contributed by atoms with van der Waals surface area (Å²) in [7, 11) is 0. The summed E-state index contributed by atoms with van der Waals surface area (Å²) in [5.74, 6) is -0.199. The van der Waals surface area contributed by atoms with E-state index in [-0.39, 0.29) is 12.5 Å². The van der Waals surface area contributed by atoms with Crippen molar-refractivity contribution in [3.63, 3.8) is 0 Å². The molecule has 2 saturated heterocycles. The molecule has 12 atom stereocenters. The van der Waals surface area contributed by atoms with Crippen molar-refractivity contribution in [3.8, 4) is 0 Å². The van der Waals surface area contributed by atoms with E-state index in [1.54, 1.807) is 0 Å². The highest BCUT2D eigenvalue weighted by molar-refractivity contribution is 5.76. The van der Waals surface area contributed by atoms with Crippen LogP contribution in [0.2, 0.25) is 0 Å². The number of carbonyl (C=O) groups excluding carboxylic acids is 1. The molecule has 14 heteroatoms. The topological polar surface area (TPSA) is 228 Å². The molecular weight excluding hydrogens is 943 g/mol. The Morgan fingerprint density at radius 1 is 0.432 bits per heavy atom. The lowest BCUT2D eigenvalue weighted by Gasteiger charge is -2.46. The molecular formula is C60H117NO13. The molecule has 14 nitrogen and oxygen atoms in total. The van der Waals surface area contributed by atoms with Gasteiger partial charge in [0.2, 0.25) is 5.91 Å². The van der Waals surface area contributed by atoms with Crippen molar-refractivity contribution in [1.29, 1.82) is 0 Å². The number of hydrogen-bond acceptors (Lipinski definition) is 13. The molecule has 2 rings (SSSR count). The molecule has 0 aromatic carbocycles. The molecule has 2 aliphatic rings. The van der Waals surface area contributed by atoms with Gasteiger partial charge in [0, 0.05) is 6.42 Å². The maximum absolute atomic E-state index is 13.3. The molecule has 2 fully saturated rings. The number of aliphatic hydroxyl groups is 8. The lowest BCUT2D eigenvalue weighted by molar-refractivity contribution is -0.359. The van der Waals surface area contributed by atoms with Crippen LogP contribution >= 0.6 is 0 Å². The van der Waals surface area contributed by atoms with Crippen LogP contribution in [-0.2, 0) is 23.7 Å². The minimum Gasteiger partial charge on any atom is -0.394 e. The number of unbranched alkanes of at least 4 members (excludes halogenated alkanes) is 38. The van der Waals surface area contributed by atoms with Crippen LogP contribution in [0.25, 0.3) is 0 Å². The highest BCUT2D eigenvalue weighted by atomic mass is 16.7. The maximum Gasteiger partial charge on any atom is 0.220 e. The van der Waals surface area contributed by atoms with E-state index in [0.29, 0.717) is 12.8 Å². The van der Waals surface area contributed by atoms with E-state index < -0.39 is 86.8 Å². The highest BCUT2D eigenvalue weighted by Crippen LogP contribution is 2.30. The number of rotatable bonds is 51. The third kappa shape index (κ3) is 32.2. The standard InChI is InChI=1S/C60H117NO13/c1-3-5-7-9-11-13-15-17-19-21-23-24-26-27-29-31-33-35-37-39-41-43-49(64)48(61-52(65)44-42-40-38-36-34-32-30-28-25-22-20-18-16-14-12-10-8-6-4-2)47-71-59-57(70)55(68)58(51(46-63)73-59)74-60-56(69)54(67)53(66)50(45-62)72-60/h48-51,53-60,62-64,66-70H,3-47H2,1-2H3,(H,61,65). The normalized spacial score (nSPS) is 25.1. The Balaban J connectivity index is 1.73. The highest BCUT2D eigenvalue weighted by Gasteiger charge is 2.51. The van der Waals surface area contributed by atoms with Gasteiger partial charge in [0.15, 0.2) is 12.6 Å². The van der Waals surface area contributed by atoms with Crippen molar-refractivity contribution in [1.82, 2.24) is 5.32 Å². The Morgan fingerprint density at radius 3 is 1.15 bits per heavy atom. The van der Waals surface area contributed by atoms with E-state index in [0.717, 1.165) is 51.4 Å². The van der Waals surface area contributed by atoms with Crippen LogP contribution in [0.1, 0.15) is 284 Å². The molecule has 440 valence electrons. The SMILES string of the molecule is CCCCCCCCCCCCCCCCCCCCCCCC(O)C(COC1OC(CO)C(OC2OC(CO)C(O)C(O)C2O)C(O)C1O)NC(=O)CCCCCCCCCCCCCCCCCCCCC. The minimum atomic E-state index is -1.78. The lowest BCUT2D eigenvalue weighted by Crippen LogP contribution is -2.65. The molecule has 2 aliphatic heterocycles. The van der Waals surface area contributed by atoms with Crippen LogP contribution in [0.15, 0.2) is 0 Å². The molecule has 9 N–H and O–H groups in total. The summed E-state index contributed by atoms with van der Waals surface area (Å²) in [6.45, 7) is 2.91. The monoisotopic (exact) mass is 1060 g/mol. The fourth-order valence-corrected chi connectivity index (χ4v) is 10.8. The molecule has 74 heavy (non-hydrogen) atoms. The van der Waals surface area contributed by atoms with E-state index in [4.69, 9.17) is 18.9 Å². The number of carbonyl (C=O) groups is 1. The van der Waals surface area contributed by atoms with Gasteiger partial charge < -0.3 is 65.1 Å². The Morgan fingerprint density at radius 2 is 0.770 bits per heavy atom. The van der Waals surface area contributed by atoms with Gasteiger partial charge in [0.05, 0.1) is 32.0 Å². The van der Waals surface area contributed by atoms with E-state index in [1.165, 1.54) is 205 Å². The average Bonchev–Trinajstić information content (AvgIpc) is 3.40. The largest absolute Gasteiger partial charge is 0.394 e. The Bertz CT molecular complexity index is 1250. The zero-order valence-corrected chi connectivity index (χ0v) is 47.4. The fourth-order valence-electron chi connectivity index (χ4n) is 10.8. The van der Waals surface area contributed by atoms with Crippen LogP contribution in [0.5, 0.6) is 0 Å². The molecule has 0 radical (unpaired) electrons. The zero-order chi connectivity index (χ0) is 53.9. The molecule has 0 aliphatic carbocycles. The van der Waals surface area contributed by atoms with Gasteiger partial charge in [-0.25, -0.2) is 0 Å². The first-order valence-electron chi connectivity index (χ1n) is 31.3. The predicted octanol–water partition coefficient (Wildman–Crippen LogP) is 10.9. The molecule has 0 saturated carbocycles. The van der Waals surface area contributed by atoms with E-state index in [2.05, 4.69) is 19.2 Å². The second-order valence-corrected chi connectivity index (χ2v) is 22.6. The van der Waals surface area contributed by atoms with Crippen LogP contribution in [0.3, 0.4) is 0 Å². The molecule has 2 heterocycles. The lowest BCUT2D eigenvalue weighted by atomic mass is 9.97. The van der Waals surface area contributed by atoms with Crippen molar-refractivity contribution in [3.05, 3.63) is 0 Å². The van der Waals surface area contributed by atoms with Gasteiger partial charge in [-0.1, -0.05) is 264 Å². The van der Waals surface area contributed by atoms with Crippen LogP contribution in [0.4, 0.5) is 0 Å². The fraction of sp³-hybridized carbons (Fsp3) is 0.983. The van der Waals surface area contributed by atoms with E-state index >= 15 is 0 Å². The summed E-state index contributed by atoms with van der Waals surface area (Å²) in [6.07, 6.45) is 35.3. The summed E-state index contributed by atoms with van der Waals surface area (Å²) >= 11 is 0. The molecule has 1 amide bonds. The van der Waals surface area contributed by atoms with Gasteiger partial charge in [0.25, 0.3) is 0 Å². The zero-order valence-electron chi connectivity index (χ0n) is 47.4. The van der Waals surface area contributed by atoms with Crippen molar-refractivity contribution < 1.29 is 64.6 Å². The van der Waals surface area contributed by atoms with Crippen molar-refractivity contribution in [2.75, 3.05) is 19.8 Å². The Kier molecular flexibility index (Phi) is 43.8. The summed E-state index contributed by atoms with van der Waals surface area (Å²) in [5.41, 5.74) is 0. The first-order valence-corrected chi connectivity index (χ1v) is 31.3. The number of aliphatic hydroxyl groups excluding tert-OH is 8. The summed E-state index contributed by atoms with van der Waals surface area (Å²) in [6, 6.07) is -0.823. The second-order valence-electron chi connectivity index (χ2n) is 22.6. The van der Waals surface area contributed by atoms with E-state index in [1.807, 2.05) is 0 Å². The minimum absolute atomic E-state index is 0.199. The third-order valence-corrected chi connectivity index (χ3v) is 15.8. The molecule has 0 spiro atoms. The number of nitrogens with one attached hydrogen (secondary N) is 1. The smallest absolute Gasteiger partial charge is 0.220 e. The number of hydrogen-bond donors (Lipinski definition) is 9. The summed E-state index contributed by atoms with van der Waals surface area (Å²) < 4.78 is 22.9. The van der Waals surface area contributed by atoms with Crippen LogP contribution in [-0.4, -0.2) is 140 Å². The first kappa shape index (κ1) is 69.1. The van der Waals surface area contributed by atoms with Crippen molar-refractivity contribution in [2.45, 2.75) is 357 Å². The summed E-state index contributed by atoms with van der Waals surface area (Å²) in [4.78, 5) is 13.3. The van der Waals surface area contributed by atoms with Crippen molar-refractivity contribution in [2.24, 2.45) is 0 Å². The molecule has 0 aromatic rings. The van der Waals surface area contributed by atoms with Gasteiger partial charge in [-0.15, -0.1) is 0 Å². The predicted molar refractivity (Wildman–Crippen MR) is 296 cm³/mol. The number of amides is 1. The summed E-state index contributed by atoms with van der Waals surface area (Å²) in [5, 5.41) is 87.4. The quantitative estimate of drug-likeness (QED) is 0.0259. The van der Waals surface area contributed by atoms with Gasteiger partial charge in [0.1, 0.15) is 48.8 Å². The van der Waals surface area contributed by atoms with E-state index in [9.17, 15) is 45.6 Å². The van der Waals surface area contributed by atoms with Gasteiger partial charge in [-0.3, -0.25) is 4.79 Å². The Labute approximate surface area is 451 Å². The van der Waals surface area contributed by atoms with Crippen molar-refractivity contribution >= 4 is 5.91 Å². The average molecular weight is 1060 g/mol. The molecule has 12 unspecified atom stereocenters. The maximum atomic E-state index is 13.3.